The number of nitrogens with zero attached hydrogens (tertiary/aromatic N) is 2. The third-order valence-corrected chi connectivity index (χ3v) is 1.61. The molecule has 0 spiro atoms. The average molecular weight is 178 g/mol. The maximum Gasteiger partial charge on any atom is 0.450 e. The molecule has 6 nitrogen and oxygen atoms in total. The van der Waals surface area contributed by atoms with Crippen LogP contribution < -0.4 is 10.9 Å². The zero-order chi connectivity index (χ0) is 9.26. The van der Waals surface area contributed by atoms with Crippen molar-refractivity contribution in [2.75, 3.05) is 5.43 Å². The zero-order valence-electron chi connectivity index (χ0n) is 6.52. The number of guanidine groups is 1. The van der Waals surface area contributed by atoms with Gasteiger partial charge in [-0.25, -0.2) is 5.43 Å². The number of nitrogens with one attached hydrogen (secondary N) is 2. The SMILES string of the molecule is O=[N+]([O-])C1=Nc2ccccc2NN1. The van der Waals surface area contributed by atoms with Gasteiger partial charge in [-0.1, -0.05) is 17.1 Å². The minimum Gasteiger partial charge on any atom is -0.390 e. The predicted molar refractivity (Wildman–Crippen MR) is 47.3 cm³/mol. The molecule has 1 aromatic rings. The van der Waals surface area contributed by atoms with Gasteiger partial charge in [-0.3, -0.25) is 0 Å². The summed E-state index contributed by atoms with van der Waals surface area (Å²) in [4.78, 5) is 13.5. The maximum atomic E-state index is 10.3. The molecule has 1 aliphatic heterocycles. The molecule has 0 amide bonds. The molecule has 13 heavy (non-hydrogen) atoms. The van der Waals surface area contributed by atoms with E-state index < -0.39 is 4.92 Å². The largest absolute Gasteiger partial charge is 0.450 e. The summed E-state index contributed by atoms with van der Waals surface area (Å²) in [6.07, 6.45) is 0. The molecule has 0 fully saturated rings. The quantitative estimate of drug-likeness (QED) is 0.456. The molecular formula is C7H6N4O2. The van der Waals surface area contributed by atoms with Crippen molar-refractivity contribution in [2.24, 2.45) is 4.99 Å². The fourth-order valence-electron chi connectivity index (χ4n) is 1.03. The van der Waals surface area contributed by atoms with Gasteiger partial charge < -0.3 is 10.1 Å². The van der Waals surface area contributed by atoms with Crippen LogP contribution in [-0.4, -0.2) is 10.9 Å². The van der Waals surface area contributed by atoms with E-state index in [1.165, 1.54) is 0 Å². The van der Waals surface area contributed by atoms with Gasteiger partial charge in [0, 0.05) is 0 Å². The Morgan fingerprint density at radius 2 is 2.08 bits per heavy atom. The lowest BCUT2D eigenvalue weighted by molar-refractivity contribution is -0.355. The first kappa shape index (κ1) is 7.53. The molecule has 1 aliphatic rings. The van der Waals surface area contributed by atoms with E-state index in [9.17, 15) is 10.1 Å². The van der Waals surface area contributed by atoms with E-state index in [-0.39, 0.29) is 5.96 Å². The van der Waals surface area contributed by atoms with Gasteiger partial charge in [-0.2, -0.15) is 5.43 Å². The van der Waals surface area contributed by atoms with E-state index in [0.29, 0.717) is 5.69 Å². The van der Waals surface area contributed by atoms with Crippen LogP contribution in [0, 0.1) is 10.1 Å². The second-order valence-corrected chi connectivity index (χ2v) is 2.46. The minimum atomic E-state index is -0.580. The summed E-state index contributed by atoms with van der Waals surface area (Å²) in [7, 11) is 0. The van der Waals surface area contributed by atoms with Crippen LogP contribution >= 0.6 is 0 Å². The lowest BCUT2D eigenvalue weighted by atomic mass is 10.3. The topological polar surface area (TPSA) is 79.6 Å². The van der Waals surface area contributed by atoms with Crippen molar-refractivity contribution in [3.8, 4) is 0 Å². The molecule has 1 heterocycles. The summed E-state index contributed by atoms with van der Waals surface area (Å²) >= 11 is 0. The van der Waals surface area contributed by atoms with Crippen molar-refractivity contribution >= 4 is 17.3 Å². The van der Waals surface area contributed by atoms with E-state index in [0.717, 1.165) is 5.69 Å². The monoisotopic (exact) mass is 178 g/mol. The second-order valence-electron chi connectivity index (χ2n) is 2.46. The van der Waals surface area contributed by atoms with Gasteiger partial charge >= 0.3 is 5.96 Å². The number of fused-ring (bicyclic) bond motifs is 1. The van der Waals surface area contributed by atoms with Crippen molar-refractivity contribution in [3.05, 3.63) is 34.4 Å². The van der Waals surface area contributed by atoms with Crippen LogP contribution in [0.5, 0.6) is 0 Å². The van der Waals surface area contributed by atoms with Crippen LogP contribution in [0.2, 0.25) is 0 Å². The van der Waals surface area contributed by atoms with Gasteiger partial charge in [0.05, 0.1) is 0 Å². The van der Waals surface area contributed by atoms with E-state index in [2.05, 4.69) is 15.8 Å². The Hall–Kier alpha value is -2.11. The molecule has 0 unspecified atom stereocenters. The van der Waals surface area contributed by atoms with Crippen molar-refractivity contribution in [2.45, 2.75) is 0 Å². The van der Waals surface area contributed by atoms with E-state index in [1.54, 1.807) is 18.2 Å². The first-order chi connectivity index (χ1) is 6.27. The molecule has 0 aromatic heterocycles. The summed E-state index contributed by atoms with van der Waals surface area (Å²) in [5.74, 6) is -0.293. The van der Waals surface area contributed by atoms with Crippen LogP contribution in [0.15, 0.2) is 29.3 Å². The number of hydrogen-bond donors (Lipinski definition) is 2. The highest BCUT2D eigenvalue weighted by atomic mass is 16.6. The van der Waals surface area contributed by atoms with Gasteiger partial charge in [0.25, 0.3) is 0 Å². The molecule has 6 heteroatoms. The van der Waals surface area contributed by atoms with Crippen molar-refractivity contribution in [3.63, 3.8) is 0 Å². The van der Waals surface area contributed by atoms with Crippen LogP contribution in [0.4, 0.5) is 11.4 Å². The van der Waals surface area contributed by atoms with Crippen LogP contribution in [-0.2, 0) is 0 Å². The molecule has 0 saturated carbocycles. The molecule has 66 valence electrons. The number of benzene rings is 1. The molecule has 1 aromatic carbocycles. The van der Waals surface area contributed by atoms with Crippen molar-refractivity contribution < 1.29 is 4.92 Å². The third-order valence-electron chi connectivity index (χ3n) is 1.61. The molecule has 2 N–H and O–H groups in total. The van der Waals surface area contributed by atoms with E-state index in [1.807, 2.05) is 6.07 Å². The number of aliphatic imine (C=N–C) groups is 1. The first-order valence-corrected chi connectivity index (χ1v) is 3.61. The molecule has 0 saturated heterocycles. The summed E-state index contributed by atoms with van der Waals surface area (Å²) < 4.78 is 0. The summed E-state index contributed by atoms with van der Waals surface area (Å²) in [6.45, 7) is 0. The Labute approximate surface area is 73.4 Å². The molecule has 0 atom stereocenters. The Bertz CT molecular complexity index is 388. The van der Waals surface area contributed by atoms with Crippen molar-refractivity contribution in [1.29, 1.82) is 0 Å². The Morgan fingerprint density at radius 3 is 2.85 bits per heavy atom. The van der Waals surface area contributed by atoms with Crippen LogP contribution in [0.25, 0.3) is 0 Å². The fourth-order valence-corrected chi connectivity index (χ4v) is 1.03. The third kappa shape index (κ3) is 1.28. The molecule has 0 aliphatic carbocycles. The highest BCUT2D eigenvalue weighted by Gasteiger charge is 2.19. The summed E-state index contributed by atoms with van der Waals surface area (Å²) in [5.41, 5.74) is 6.34. The minimum absolute atomic E-state index is 0.293. The molecular weight excluding hydrogens is 172 g/mol. The Kier molecular flexibility index (Phi) is 1.59. The second kappa shape index (κ2) is 2.74. The highest BCUT2D eigenvalue weighted by Crippen LogP contribution is 2.25. The Balaban J connectivity index is 2.44. The highest BCUT2D eigenvalue weighted by molar-refractivity contribution is 5.84. The lowest BCUT2D eigenvalue weighted by Gasteiger charge is -2.10. The number of nitro groups is 1. The number of anilines is 1. The summed E-state index contributed by atoms with van der Waals surface area (Å²) in [5, 5.41) is 10.3. The van der Waals surface area contributed by atoms with Crippen LogP contribution in [0.1, 0.15) is 0 Å². The Morgan fingerprint density at radius 1 is 1.31 bits per heavy atom. The number of hydrogen-bond acceptors (Lipinski definition) is 5. The van der Waals surface area contributed by atoms with Gasteiger partial charge in [-0.05, 0) is 17.1 Å². The van der Waals surface area contributed by atoms with Gasteiger partial charge in [0.1, 0.15) is 5.69 Å². The van der Waals surface area contributed by atoms with Crippen LogP contribution in [0.3, 0.4) is 0 Å². The van der Waals surface area contributed by atoms with E-state index in [4.69, 9.17) is 0 Å². The zero-order valence-corrected chi connectivity index (χ0v) is 6.52. The average Bonchev–Trinajstić information content (AvgIpc) is 2.17. The lowest BCUT2D eigenvalue weighted by Crippen LogP contribution is -2.37. The standard InChI is InChI=1S/C7H6N4O2/c12-11(13)7-8-5-3-1-2-4-6(5)9-10-7/h1-4,9H,(H,8,10). The van der Waals surface area contributed by atoms with Gasteiger partial charge in [-0.15, -0.1) is 0 Å². The summed E-state index contributed by atoms with van der Waals surface area (Å²) in [6, 6.07) is 7.07. The van der Waals surface area contributed by atoms with Crippen molar-refractivity contribution in [1.82, 2.24) is 5.43 Å². The first-order valence-electron chi connectivity index (χ1n) is 3.61. The molecule has 0 radical (unpaired) electrons. The predicted octanol–water partition coefficient (Wildman–Crippen LogP) is 0.881. The van der Waals surface area contributed by atoms with E-state index >= 15 is 0 Å². The van der Waals surface area contributed by atoms with Gasteiger partial charge in [0.15, 0.2) is 5.69 Å². The normalized spacial score (nSPS) is 13.4. The fraction of sp³-hybridized carbons (Fsp3) is 0. The number of para-hydroxylation sites is 2. The smallest absolute Gasteiger partial charge is 0.390 e. The number of hydrazine groups is 1. The van der Waals surface area contributed by atoms with Gasteiger partial charge in [0.2, 0.25) is 0 Å². The molecule has 2 rings (SSSR count). The maximum absolute atomic E-state index is 10.3. The molecule has 0 bridgehead atoms. The number of rotatable bonds is 0.